The Labute approximate surface area is 148 Å². The summed E-state index contributed by atoms with van der Waals surface area (Å²) in [4.78, 5) is 16.4. The van der Waals surface area contributed by atoms with Crippen LogP contribution in [0.15, 0.2) is 24.3 Å². The van der Waals surface area contributed by atoms with E-state index >= 15 is 0 Å². The molecule has 26 heavy (non-hydrogen) atoms. The van der Waals surface area contributed by atoms with Gasteiger partial charge in [-0.1, -0.05) is 0 Å². The third-order valence-corrected chi connectivity index (χ3v) is 4.31. The quantitative estimate of drug-likeness (QED) is 0.905. The third kappa shape index (κ3) is 3.92. The molecule has 0 spiro atoms. The van der Waals surface area contributed by atoms with Gasteiger partial charge in [0.05, 0.1) is 17.1 Å². The molecular weight excluding hydrogens is 349 g/mol. The highest BCUT2D eigenvalue weighted by Gasteiger charge is 2.31. The number of amides is 1. The van der Waals surface area contributed by atoms with Crippen LogP contribution >= 0.6 is 0 Å². The number of alkyl halides is 3. The predicted octanol–water partition coefficient (Wildman–Crippen LogP) is 2.89. The molecule has 1 N–H and O–H groups in total. The number of aromatic amines is 1. The van der Waals surface area contributed by atoms with E-state index in [1.54, 1.807) is 4.90 Å². The van der Waals surface area contributed by atoms with Crippen LogP contribution in [0, 0.1) is 13.8 Å². The van der Waals surface area contributed by atoms with Crippen molar-refractivity contribution in [2.24, 2.45) is 0 Å². The second-order valence-electron chi connectivity index (χ2n) is 6.13. The lowest BCUT2D eigenvalue weighted by Crippen LogP contribution is -2.49. The molecule has 1 aliphatic rings. The summed E-state index contributed by atoms with van der Waals surface area (Å²) in [6, 6.07) is 4.99. The number of hydrogen-bond donors (Lipinski definition) is 1. The number of hydrogen-bond acceptors (Lipinski definition) is 4. The van der Waals surface area contributed by atoms with E-state index in [-0.39, 0.29) is 11.7 Å². The number of aromatic nitrogens is 2. The molecular formula is C17H19F3N4O2. The molecule has 0 saturated carbocycles. The summed E-state index contributed by atoms with van der Waals surface area (Å²) in [6.45, 7) is 6.29. The second-order valence-corrected chi connectivity index (χ2v) is 6.13. The van der Waals surface area contributed by atoms with Crippen molar-refractivity contribution in [2.45, 2.75) is 20.2 Å². The van der Waals surface area contributed by atoms with Gasteiger partial charge in [0.1, 0.15) is 5.75 Å². The van der Waals surface area contributed by atoms with Crippen LogP contribution in [0.1, 0.15) is 21.7 Å². The molecule has 0 radical (unpaired) electrons. The van der Waals surface area contributed by atoms with E-state index in [2.05, 4.69) is 19.8 Å². The van der Waals surface area contributed by atoms with E-state index in [1.165, 1.54) is 12.1 Å². The molecule has 1 aliphatic heterocycles. The monoisotopic (exact) mass is 368 g/mol. The van der Waals surface area contributed by atoms with Crippen LogP contribution in [0.3, 0.4) is 0 Å². The first-order valence-corrected chi connectivity index (χ1v) is 8.16. The highest BCUT2D eigenvalue weighted by Crippen LogP contribution is 2.25. The SMILES string of the molecule is Cc1n[nH]c(C)c1N1CCN(C(=O)c2ccc(OC(F)(F)F)cc2)CC1. The van der Waals surface area contributed by atoms with E-state index in [9.17, 15) is 18.0 Å². The summed E-state index contributed by atoms with van der Waals surface area (Å²) in [5.74, 6) is -0.548. The predicted molar refractivity (Wildman–Crippen MR) is 89.3 cm³/mol. The molecule has 140 valence electrons. The van der Waals surface area contributed by atoms with Crippen molar-refractivity contribution in [3.63, 3.8) is 0 Å². The highest BCUT2D eigenvalue weighted by molar-refractivity contribution is 5.94. The Morgan fingerprint density at radius 1 is 1.12 bits per heavy atom. The van der Waals surface area contributed by atoms with Crippen LogP contribution in [0.4, 0.5) is 18.9 Å². The number of carbonyl (C=O) groups is 1. The third-order valence-electron chi connectivity index (χ3n) is 4.31. The van der Waals surface area contributed by atoms with Gasteiger partial charge in [0.2, 0.25) is 0 Å². The number of nitrogens with one attached hydrogen (secondary N) is 1. The largest absolute Gasteiger partial charge is 0.573 e. The Morgan fingerprint density at radius 2 is 1.73 bits per heavy atom. The van der Waals surface area contributed by atoms with Crippen molar-refractivity contribution >= 4 is 11.6 Å². The first kappa shape index (κ1) is 18.1. The van der Waals surface area contributed by atoms with Gasteiger partial charge >= 0.3 is 6.36 Å². The van der Waals surface area contributed by atoms with Crippen molar-refractivity contribution in [1.29, 1.82) is 0 Å². The average Bonchev–Trinajstić information content (AvgIpc) is 2.92. The van der Waals surface area contributed by atoms with Gasteiger partial charge in [0.25, 0.3) is 5.91 Å². The van der Waals surface area contributed by atoms with E-state index in [1.807, 2.05) is 13.8 Å². The molecule has 0 unspecified atom stereocenters. The Hall–Kier alpha value is -2.71. The molecule has 1 aromatic carbocycles. The zero-order valence-electron chi connectivity index (χ0n) is 14.4. The number of H-pyrrole nitrogens is 1. The molecule has 1 aromatic heterocycles. The van der Waals surface area contributed by atoms with Crippen LogP contribution in [0.25, 0.3) is 0 Å². The zero-order chi connectivity index (χ0) is 18.9. The molecule has 6 nitrogen and oxygen atoms in total. The average molecular weight is 368 g/mol. The molecule has 1 fully saturated rings. The summed E-state index contributed by atoms with van der Waals surface area (Å²) in [5, 5.41) is 7.14. The Kier molecular flexibility index (Phi) is 4.80. The lowest BCUT2D eigenvalue weighted by Gasteiger charge is -2.36. The van der Waals surface area contributed by atoms with Gasteiger partial charge in [-0.3, -0.25) is 9.89 Å². The number of piperazine rings is 1. The molecule has 1 saturated heterocycles. The number of benzene rings is 1. The second kappa shape index (κ2) is 6.89. The molecule has 9 heteroatoms. The standard InChI is InChI=1S/C17H19F3N4O2/c1-11-15(12(2)22-21-11)23-7-9-24(10-8-23)16(25)13-3-5-14(6-4-13)26-17(18,19)20/h3-6H,7-10H2,1-2H3,(H,21,22). The molecule has 0 atom stereocenters. The van der Waals surface area contributed by atoms with Gasteiger partial charge in [-0.05, 0) is 38.1 Å². The Bertz CT molecular complexity index is 759. The van der Waals surface area contributed by atoms with Crippen molar-refractivity contribution in [3.8, 4) is 5.75 Å². The summed E-state index contributed by atoms with van der Waals surface area (Å²) in [6.07, 6.45) is -4.74. The minimum atomic E-state index is -4.74. The van der Waals surface area contributed by atoms with E-state index in [4.69, 9.17) is 0 Å². The lowest BCUT2D eigenvalue weighted by molar-refractivity contribution is -0.274. The maximum Gasteiger partial charge on any atom is 0.573 e. The Balaban J connectivity index is 1.62. The molecule has 3 rings (SSSR count). The van der Waals surface area contributed by atoms with Crippen LogP contribution in [0.5, 0.6) is 5.75 Å². The summed E-state index contributed by atoms with van der Waals surface area (Å²) in [5.41, 5.74) is 3.31. The van der Waals surface area contributed by atoms with Crippen molar-refractivity contribution in [2.75, 3.05) is 31.1 Å². The highest BCUT2D eigenvalue weighted by atomic mass is 19.4. The molecule has 2 aromatic rings. The first-order chi connectivity index (χ1) is 12.2. The van der Waals surface area contributed by atoms with Gasteiger partial charge in [-0.25, -0.2) is 0 Å². The maximum absolute atomic E-state index is 12.5. The van der Waals surface area contributed by atoms with Crippen molar-refractivity contribution in [3.05, 3.63) is 41.2 Å². The summed E-state index contributed by atoms with van der Waals surface area (Å²) >= 11 is 0. The van der Waals surface area contributed by atoms with Gasteiger partial charge < -0.3 is 14.5 Å². The van der Waals surface area contributed by atoms with Gasteiger partial charge in [-0.15, -0.1) is 13.2 Å². The number of rotatable bonds is 3. The van der Waals surface area contributed by atoms with Crippen LogP contribution in [-0.4, -0.2) is 53.5 Å². The zero-order valence-corrected chi connectivity index (χ0v) is 14.4. The number of carbonyl (C=O) groups excluding carboxylic acids is 1. The normalized spacial score (nSPS) is 15.3. The van der Waals surface area contributed by atoms with Gasteiger partial charge in [-0.2, -0.15) is 5.10 Å². The molecule has 0 aliphatic carbocycles. The number of halogens is 3. The smallest absolute Gasteiger partial charge is 0.406 e. The summed E-state index contributed by atoms with van der Waals surface area (Å²) in [7, 11) is 0. The lowest BCUT2D eigenvalue weighted by atomic mass is 10.1. The van der Waals surface area contributed by atoms with Crippen molar-refractivity contribution in [1.82, 2.24) is 15.1 Å². The number of anilines is 1. The fraction of sp³-hybridized carbons (Fsp3) is 0.412. The van der Waals surface area contributed by atoms with Crippen molar-refractivity contribution < 1.29 is 22.7 Å². The van der Waals surface area contributed by atoms with Crippen LogP contribution < -0.4 is 9.64 Å². The van der Waals surface area contributed by atoms with E-state index in [0.29, 0.717) is 31.7 Å². The van der Waals surface area contributed by atoms with Crippen LogP contribution in [-0.2, 0) is 0 Å². The van der Waals surface area contributed by atoms with E-state index in [0.717, 1.165) is 29.2 Å². The fourth-order valence-corrected chi connectivity index (χ4v) is 3.13. The van der Waals surface area contributed by atoms with Gasteiger partial charge in [0.15, 0.2) is 0 Å². The van der Waals surface area contributed by atoms with Gasteiger partial charge in [0, 0.05) is 31.7 Å². The number of ether oxygens (including phenoxy) is 1. The molecule has 0 bridgehead atoms. The fourth-order valence-electron chi connectivity index (χ4n) is 3.13. The number of nitrogens with zero attached hydrogens (tertiary/aromatic N) is 3. The van der Waals surface area contributed by atoms with E-state index < -0.39 is 6.36 Å². The Morgan fingerprint density at radius 3 is 2.23 bits per heavy atom. The molecule has 2 heterocycles. The topological polar surface area (TPSA) is 61.5 Å². The molecule has 1 amide bonds. The summed E-state index contributed by atoms with van der Waals surface area (Å²) < 4.78 is 40.4. The minimum Gasteiger partial charge on any atom is -0.406 e. The number of aryl methyl sites for hydroxylation is 2. The van der Waals surface area contributed by atoms with Crippen LogP contribution in [0.2, 0.25) is 0 Å². The maximum atomic E-state index is 12.5. The first-order valence-electron chi connectivity index (χ1n) is 8.16. The minimum absolute atomic E-state index is 0.205.